The maximum absolute atomic E-state index is 6.01. The molecule has 2 fully saturated rings. The monoisotopic (exact) mass is 241 g/mol. The normalized spacial score (nSPS) is 26.8. The lowest BCUT2D eigenvalue weighted by molar-refractivity contribution is 0.444. The van der Waals surface area contributed by atoms with E-state index >= 15 is 0 Å². The van der Waals surface area contributed by atoms with Crippen LogP contribution < -0.4 is 5.73 Å². The molecule has 1 nitrogen and oxygen atoms in total. The highest BCUT2D eigenvalue weighted by molar-refractivity contribution is 8.00. The van der Waals surface area contributed by atoms with Gasteiger partial charge in [0.05, 0.1) is 0 Å². The smallest absolute Gasteiger partial charge is 0.0201 e. The molecule has 94 valence electrons. The molecule has 0 heterocycles. The molecule has 0 radical (unpaired) electrons. The van der Waals surface area contributed by atoms with Crippen molar-refractivity contribution in [3.05, 3.63) is 0 Å². The summed E-state index contributed by atoms with van der Waals surface area (Å²) in [7, 11) is 0. The van der Waals surface area contributed by atoms with E-state index in [0.29, 0.717) is 0 Å². The summed E-state index contributed by atoms with van der Waals surface area (Å²) in [6.07, 6.45) is 14.5. The first-order valence-corrected chi connectivity index (χ1v) is 8.20. The Balaban J connectivity index is 1.81. The van der Waals surface area contributed by atoms with Gasteiger partial charge in [-0.1, -0.05) is 38.5 Å². The van der Waals surface area contributed by atoms with Gasteiger partial charge in [-0.15, -0.1) is 0 Å². The van der Waals surface area contributed by atoms with Crippen molar-refractivity contribution in [2.24, 2.45) is 11.7 Å². The first-order valence-electron chi connectivity index (χ1n) is 7.25. The van der Waals surface area contributed by atoms with Crippen molar-refractivity contribution >= 4 is 11.8 Å². The molecule has 16 heavy (non-hydrogen) atoms. The van der Waals surface area contributed by atoms with Crippen LogP contribution in [-0.4, -0.2) is 17.0 Å². The number of rotatable bonds is 4. The summed E-state index contributed by atoms with van der Waals surface area (Å²) in [5, 5.41) is 1.71. The second kappa shape index (κ2) is 6.90. The van der Waals surface area contributed by atoms with E-state index in [-0.39, 0.29) is 0 Å². The minimum Gasteiger partial charge on any atom is -0.329 e. The summed E-state index contributed by atoms with van der Waals surface area (Å²) in [6, 6.07) is 0. The van der Waals surface area contributed by atoms with E-state index in [1.54, 1.807) is 0 Å². The molecule has 0 aliphatic heterocycles. The van der Waals surface area contributed by atoms with Gasteiger partial charge in [0.2, 0.25) is 0 Å². The SMILES string of the molecule is NCC(SC1CCCC1)C1CCCCCC1. The van der Waals surface area contributed by atoms with Crippen molar-refractivity contribution in [2.45, 2.75) is 74.7 Å². The molecule has 2 aliphatic rings. The number of thioether (sulfide) groups is 1. The van der Waals surface area contributed by atoms with Crippen LogP contribution in [-0.2, 0) is 0 Å². The average molecular weight is 241 g/mol. The summed E-state index contributed by atoms with van der Waals surface area (Å²) in [6.45, 7) is 0.909. The Morgan fingerprint density at radius 2 is 1.44 bits per heavy atom. The van der Waals surface area contributed by atoms with Gasteiger partial charge in [-0.3, -0.25) is 0 Å². The lowest BCUT2D eigenvalue weighted by Gasteiger charge is -2.27. The molecule has 0 aromatic rings. The molecule has 0 aromatic carbocycles. The number of hydrogen-bond donors (Lipinski definition) is 1. The maximum Gasteiger partial charge on any atom is 0.0201 e. The second-order valence-electron chi connectivity index (χ2n) is 5.57. The Hall–Kier alpha value is 0.310. The van der Waals surface area contributed by atoms with E-state index in [0.717, 1.165) is 23.0 Å². The van der Waals surface area contributed by atoms with Crippen LogP contribution in [0.4, 0.5) is 0 Å². The highest BCUT2D eigenvalue weighted by Gasteiger charge is 2.26. The van der Waals surface area contributed by atoms with Gasteiger partial charge in [0.1, 0.15) is 0 Å². The molecule has 1 unspecified atom stereocenters. The molecule has 0 spiro atoms. The fourth-order valence-corrected chi connectivity index (χ4v) is 5.02. The van der Waals surface area contributed by atoms with Gasteiger partial charge in [0.25, 0.3) is 0 Å². The van der Waals surface area contributed by atoms with Crippen molar-refractivity contribution in [3.8, 4) is 0 Å². The van der Waals surface area contributed by atoms with Crippen LogP contribution in [0.2, 0.25) is 0 Å². The van der Waals surface area contributed by atoms with Gasteiger partial charge in [0.15, 0.2) is 0 Å². The Bertz CT molecular complexity index is 181. The highest BCUT2D eigenvalue weighted by Crippen LogP contribution is 2.38. The minimum absolute atomic E-state index is 0.765. The van der Waals surface area contributed by atoms with Crippen LogP contribution in [0, 0.1) is 5.92 Å². The topological polar surface area (TPSA) is 26.0 Å². The zero-order chi connectivity index (χ0) is 11.2. The van der Waals surface area contributed by atoms with Crippen LogP contribution in [0.15, 0.2) is 0 Å². The molecule has 1 atom stereocenters. The molecule has 2 N–H and O–H groups in total. The Labute approximate surface area is 105 Å². The molecular formula is C14H27NS. The summed E-state index contributed by atoms with van der Waals surface area (Å²) in [5.74, 6) is 0.929. The van der Waals surface area contributed by atoms with E-state index < -0.39 is 0 Å². The van der Waals surface area contributed by atoms with Crippen LogP contribution in [0.1, 0.15) is 64.2 Å². The molecule has 0 saturated heterocycles. The lowest BCUT2D eigenvalue weighted by atomic mass is 9.96. The quantitative estimate of drug-likeness (QED) is 0.754. The highest BCUT2D eigenvalue weighted by atomic mass is 32.2. The Morgan fingerprint density at radius 3 is 2.00 bits per heavy atom. The van der Waals surface area contributed by atoms with E-state index in [4.69, 9.17) is 5.73 Å². The predicted molar refractivity (Wildman–Crippen MR) is 73.9 cm³/mol. The zero-order valence-electron chi connectivity index (χ0n) is 10.5. The summed E-state index contributed by atoms with van der Waals surface area (Å²) < 4.78 is 0. The lowest BCUT2D eigenvalue weighted by Crippen LogP contribution is -2.28. The molecule has 2 heteroatoms. The first kappa shape index (κ1) is 12.8. The molecule has 2 rings (SSSR count). The van der Waals surface area contributed by atoms with Gasteiger partial charge in [-0.25, -0.2) is 0 Å². The summed E-state index contributed by atoms with van der Waals surface area (Å²) >= 11 is 2.24. The standard InChI is InChI=1S/C14H27NS/c15-11-14(16-13-9-5-6-10-13)12-7-3-1-2-4-8-12/h12-14H,1-11,15H2. The number of hydrogen-bond acceptors (Lipinski definition) is 2. The van der Waals surface area contributed by atoms with Crippen molar-refractivity contribution in [3.63, 3.8) is 0 Å². The van der Waals surface area contributed by atoms with E-state index in [9.17, 15) is 0 Å². The van der Waals surface area contributed by atoms with Gasteiger partial charge < -0.3 is 5.73 Å². The summed E-state index contributed by atoms with van der Waals surface area (Å²) in [4.78, 5) is 0. The van der Waals surface area contributed by atoms with Gasteiger partial charge in [-0.05, 0) is 31.6 Å². The maximum atomic E-state index is 6.01. The molecule has 0 amide bonds. The van der Waals surface area contributed by atoms with Gasteiger partial charge in [-0.2, -0.15) is 11.8 Å². The fraction of sp³-hybridized carbons (Fsp3) is 1.00. The third-order valence-electron chi connectivity index (χ3n) is 4.33. The summed E-state index contributed by atoms with van der Waals surface area (Å²) in [5.41, 5.74) is 6.01. The third-order valence-corrected chi connectivity index (χ3v) is 6.11. The Morgan fingerprint density at radius 1 is 0.875 bits per heavy atom. The molecular weight excluding hydrogens is 214 g/mol. The van der Waals surface area contributed by atoms with E-state index in [1.807, 2.05) is 0 Å². The van der Waals surface area contributed by atoms with E-state index in [2.05, 4.69) is 11.8 Å². The average Bonchev–Trinajstić information content (AvgIpc) is 2.67. The van der Waals surface area contributed by atoms with E-state index in [1.165, 1.54) is 64.2 Å². The van der Waals surface area contributed by atoms with Crippen LogP contribution in [0.5, 0.6) is 0 Å². The van der Waals surface area contributed by atoms with Crippen LogP contribution >= 0.6 is 11.8 Å². The first-order chi connectivity index (χ1) is 7.90. The Kier molecular flexibility index (Phi) is 5.51. The molecule has 2 aliphatic carbocycles. The zero-order valence-corrected chi connectivity index (χ0v) is 11.3. The molecule has 0 bridgehead atoms. The number of nitrogens with two attached hydrogens (primary N) is 1. The van der Waals surface area contributed by atoms with Crippen LogP contribution in [0.25, 0.3) is 0 Å². The second-order valence-corrected chi connectivity index (χ2v) is 7.11. The van der Waals surface area contributed by atoms with Crippen molar-refractivity contribution in [1.82, 2.24) is 0 Å². The fourth-order valence-electron chi connectivity index (χ4n) is 3.31. The molecule has 2 saturated carbocycles. The van der Waals surface area contributed by atoms with Gasteiger partial charge >= 0.3 is 0 Å². The van der Waals surface area contributed by atoms with Crippen molar-refractivity contribution in [1.29, 1.82) is 0 Å². The van der Waals surface area contributed by atoms with Crippen molar-refractivity contribution < 1.29 is 0 Å². The van der Waals surface area contributed by atoms with Gasteiger partial charge in [0, 0.05) is 17.0 Å². The van der Waals surface area contributed by atoms with Crippen LogP contribution in [0.3, 0.4) is 0 Å². The minimum atomic E-state index is 0.765. The largest absolute Gasteiger partial charge is 0.329 e. The molecule has 0 aromatic heterocycles. The predicted octanol–water partition coefficient (Wildman–Crippen LogP) is 3.96. The van der Waals surface area contributed by atoms with Crippen molar-refractivity contribution in [2.75, 3.05) is 6.54 Å². The third kappa shape index (κ3) is 3.66.